The van der Waals surface area contributed by atoms with Crippen LogP contribution >= 0.6 is 0 Å². The minimum Gasteiger partial charge on any atom is -0.493 e. The molecular formula is C21H30N2O2. The molecule has 2 bridgehead atoms. The molecule has 0 radical (unpaired) electrons. The Morgan fingerprint density at radius 3 is 2.32 bits per heavy atom. The quantitative estimate of drug-likeness (QED) is 0.742. The smallest absolute Gasteiger partial charge is 0.161 e. The molecule has 0 spiro atoms. The fourth-order valence-electron chi connectivity index (χ4n) is 4.80. The summed E-state index contributed by atoms with van der Waals surface area (Å²) in [5, 5.41) is 0. The van der Waals surface area contributed by atoms with Gasteiger partial charge in [0.15, 0.2) is 11.5 Å². The van der Waals surface area contributed by atoms with Crippen LogP contribution in [0.25, 0.3) is 0 Å². The maximum Gasteiger partial charge on any atom is 0.161 e. The van der Waals surface area contributed by atoms with Gasteiger partial charge in [-0.15, -0.1) is 0 Å². The van der Waals surface area contributed by atoms with E-state index >= 15 is 0 Å². The molecule has 1 aromatic carbocycles. The van der Waals surface area contributed by atoms with E-state index in [4.69, 9.17) is 9.47 Å². The lowest BCUT2D eigenvalue weighted by molar-refractivity contribution is 0.108. The summed E-state index contributed by atoms with van der Waals surface area (Å²) in [5.74, 6) is 4.29. The lowest BCUT2D eigenvalue weighted by Crippen LogP contribution is -2.47. The van der Waals surface area contributed by atoms with Crippen LogP contribution in [-0.2, 0) is 6.54 Å². The molecule has 0 N–H and O–H groups in total. The second kappa shape index (κ2) is 7.38. The van der Waals surface area contributed by atoms with Gasteiger partial charge in [-0.05, 0) is 48.3 Å². The molecule has 4 heteroatoms. The number of hydrogen-bond acceptors (Lipinski definition) is 4. The second-order valence-corrected chi connectivity index (χ2v) is 7.81. The Hall–Kier alpha value is -1.52. The molecule has 1 aliphatic heterocycles. The van der Waals surface area contributed by atoms with Crippen LogP contribution in [0.5, 0.6) is 11.5 Å². The van der Waals surface area contributed by atoms with E-state index in [1.54, 1.807) is 14.2 Å². The molecule has 3 unspecified atom stereocenters. The molecule has 136 valence electrons. The maximum absolute atomic E-state index is 5.42. The zero-order chi connectivity index (χ0) is 17.2. The molecule has 1 saturated heterocycles. The van der Waals surface area contributed by atoms with Gasteiger partial charge in [0.2, 0.25) is 0 Å². The summed E-state index contributed by atoms with van der Waals surface area (Å²) in [6.07, 6.45) is 7.77. The van der Waals surface area contributed by atoms with Gasteiger partial charge in [-0.2, -0.15) is 0 Å². The normalized spacial score (nSPS) is 29.3. The van der Waals surface area contributed by atoms with Crippen molar-refractivity contribution in [2.24, 2.45) is 17.8 Å². The number of nitrogens with zero attached hydrogens (tertiary/aromatic N) is 2. The van der Waals surface area contributed by atoms with E-state index < -0.39 is 0 Å². The number of ether oxygens (including phenoxy) is 2. The first-order chi connectivity index (χ1) is 12.2. The number of benzene rings is 1. The van der Waals surface area contributed by atoms with E-state index in [1.165, 1.54) is 38.0 Å². The zero-order valence-corrected chi connectivity index (χ0v) is 15.5. The highest BCUT2D eigenvalue weighted by Gasteiger charge is 2.36. The molecule has 2 aliphatic carbocycles. The average molecular weight is 342 g/mol. The van der Waals surface area contributed by atoms with Gasteiger partial charge < -0.3 is 14.4 Å². The van der Waals surface area contributed by atoms with Crippen molar-refractivity contribution in [1.29, 1.82) is 0 Å². The number of hydrogen-bond donors (Lipinski definition) is 0. The van der Waals surface area contributed by atoms with Crippen molar-refractivity contribution in [3.05, 3.63) is 35.9 Å². The molecule has 4 rings (SSSR count). The second-order valence-electron chi connectivity index (χ2n) is 7.81. The van der Waals surface area contributed by atoms with Gasteiger partial charge in [0.1, 0.15) is 0 Å². The fraction of sp³-hybridized carbons (Fsp3) is 0.619. The summed E-state index contributed by atoms with van der Waals surface area (Å²) < 4.78 is 10.8. The molecular weight excluding hydrogens is 312 g/mol. The van der Waals surface area contributed by atoms with Gasteiger partial charge in [-0.25, -0.2) is 0 Å². The summed E-state index contributed by atoms with van der Waals surface area (Å²) in [7, 11) is 3.38. The van der Waals surface area contributed by atoms with Crippen LogP contribution in [0.2, 0.25) is 0 Å². The van der Waals surface area contributed by atoms with Crippen molar-refractivity contribution in [2.45, 2.75) is 19.4 Å². The SMILES string of the molecule is COc1ccc(CN2CCN(CC3CC4C=CC3C4)CC2)cc1OC. The Bertz CT molecular complexity index is 622. The van der Waals surface area contributed by atoms with Gasteiger partial charge >= 0.3 is 0 Å². The average Bonchev–Trinajstić information content (AvgIpc) is 3.26. The van der Waals surface area contributed by atoms with Crippen molar-refractivity contribution in [3.8, 4) is 11.5 Å². The molecule has 0 amide bonds. The summed E-state index contributed by atoms with van der Waals surface area (Å²) >= 11 is 0. The lowest BCUT2D eigenvalue weighted by Gasteiger charge is -2.37. The zero-order valence-electron chi connectivity index (χ0n) is 15.5. The molecule has 4 nitrogen and oxygen atoms in total. The summed E-state index contributed by atoms with van der Waals surface area (Å²) in [6.45, 7) is 7.01. The number of allylic oxidation sites excluding steroid dienone is 2. The molecule has 3 atom stereocenters. The van der Waals surface area contributed by atoms with E-state index in [0.717, 1.165) is 48.9 Å². The summed E-state index contributed by atoms with van der Waals surface area (Å²) in [5.41, 5.74) is 1.30. The van der Waals surface area contributed by atoms with Gasteiger partial charge in [0.25, 0.3) is 0 Å². The maximum atomic E-state index is 5.42. The highest BCUT2D eigenvalue weighted by Crippen LogP contribution is 2.43. The van der Waals surface area contributed by atoms with Crippen LogP contribution in [0, 0.1) is 17.8 Å². The first kappa shape index (κ1) is 16.9. The van der Waals surface area contributed by atoms with Crippen LogP contribution in [-0.4, -0.2) is 56.7 Å². The van der Waals surface area contributed by atoms with Crippen molar-refractivity contribution in [2.75, 3.05) is 46.9 Å². The standard InChI is InChI=1S/C21H30N2O2/c1-24-20-6-4-17(13-21(20)25-2)14-22-7-9-23(10-8-22)15-19-12-16-3-5-18(19)11-16/h3-6,13,16,18-19H,7-12,14-15H2,1-2H3. The minimum atomic E-state index is 0.802. The fourth-order valence-corrected chi connectivity index (χ4v) is 4.80. The van der Waals surface area contributed by atoms with E-state index in [0.29, 0.717) is 0 Å². The number of methoxy groups -OCH3 is 2. The topological polar surface area (TPSA) is 24.9 Å². The first-order valence-electron chi connectivity index (χ1n) is 9.59. The van der Waals surface area contributed by atoms with E-state index in [9.17, 15) is 0 Å². The van der Waals surface area contributed by atoms with Gasteiger partial charge in [-0.3, -0.25) is 4.90 Å². The van der Waals surface area contributed by atoms with Crippen LogP contribution in [0.3, 0.4) is 0 Å². The van der Waals surface area contributed by atoms with Crippen LogP contribution < -0.4 is 9.47 Å². The third-order valence-corrected chi connectivity index (χ3v) is 6.23. The number of rotatable bonds is 6. The Morgan fingerprint density at radius 2 is 1.68 bits per heavy atom. The Kier molecular flexibility index (Phi) is 5.00. The summed E-state index contributed by atoms with van der Waals surface area (Å²) in [6, 6.07) is 6.26. The van der Waals surface area contributed by atoms with E-state index in [1.807, 2.05) is 6.07 Å². The van der Waals surface area contributed by atoms with Crippen LogP contribution in [0.1, 0.15) is 18.4 Å². The lowest BCUT2D eigenvalue weighted by atomic mass is 9.93. The summed E-state index contributed by atoms with van der Waals surface area (Å²) in [4.78, 5) is 5.24. The molecule has 1 heterocycles. The van der Waals surface area contributed by atoms with Crippen LogP contribution in [0.4, 0.5) is 0 Å². The molecule has 1 saturated carbocycles. The van der Waals surface area contributed by atoms with Crippen molar-refractivity contribution in [3.63, 3.8) is 0 Å². The van der Waals surface area contributed by atoms with Crippen molar-refractivity contribution in [1.82, 2.24) is 9.80 Å². The number of fused-ring (bicyclic) bond motifs is 2. The third-order valence-electron chi connectivity index (χ3n) is 6.23. The minimum absolute atomic E-state index is 0.802. The Balaban J connectivity index is 1.27. The van der Waals surface area contributed by atoms with Gasteiger partial charge in [0.05, 0.1) is 14.2 Å². The predicted octanol–water partition coefficient (Wildman–Crippen LogP) is 3.03. The number of piperazine rings is 1. The molecule has 0 aromatic heterocycles. The van der Waals surface area contributed by atoms with Crippen LogP contribution in [0.15, 0.2) is 30.4 Å². The molecule has 25 heavy (non-hydrogen) atoms. The van der Waals surface area contributed by atoms with Crippen molar-refractivity contribution >= 4 is 0 Å². The van der Waals surface area contributed by atoms with Gasteiger partial charge in [0, 0.05) is 39.3 Å². The largest absolute Gasteiger partial charge is 0.493 e. The highest BCUT2D eigenvalue weighted by atomic mass is 16.5. The van der Waals surface area contributed by atoms with Gasteiger partial charge in [-0.1, -0.05) is 18.2 Å². The Morgan fingerprint density at radius 1 is 0.920 bits per heavy atom. The van der Waals surface area contributed by atoms with E-state index in [2.05, 4.69) is 34.1 Å². The molecule has 2 fully saturated rings. The Labute approximate surface area is 151 Å². The first-order valence-corrected chi connectivity index (χ1v) is 9.59. The third kappa shape index (κ3) is 3.70. The highest BCUT2D eigenvalue weighted by molar-refractivity contribution is 5.42. The van der Waals surface area contributed by atoms with E-state index in [-0.39, 0.29) is 0 Å². The predicted molar refractivity (Wildman–Crippen MR) is 100 cm³/mol. The molecule has 1 aromatic rings. The monoisotopic (exact) mass is 342 g/mol. The molecule has 3 aliphatic rings. The van der Waals surface area contributed by atoms with Crippen molar-refractivity contribution < 1.29 is 9.47 Å².